The van der Waals surface area contributed by atoms with Crippen LogP contribution >= 0.6 is 0 Å². The van der Waals surface area contributed by atoms with Crippen LogP contribution in [0, 0.1) is 11.8 Å². The molecule has 18 heavy (non-hydrogen) atoms. The van der Waals surface area contributed by atoms with Gasteiger partial charge < -0.3 is 20.5 Å². The summed E-state index contributed by atoms with van der Waals surface area (Å²) in [6.07, 6.45) is 4.67. The summed E-state index contributed by atoms with van der Waals surface area (Å²) < 4.78 is 4.77. The first-order chi connectivity index (χ1) is 8.61. The lowest BCUT2D eigenvalue weighted by Crippen LogP contribution is -2.51. The molecule has 2 aliphatic rings. The standard InChI is InChI=1S/C12H20N2O4/c1-18-6-9(11(15)16)13-12(17)14-10(7-2-3-7)8-4-5-8/h7-10H,2-6H2,1H3,(H,15,16)(H2,13,14,17). The third-order valence-electron chi connectivity index (χ3n) is 3.49. The molecule has 0 aromatic heterocycles. The lowest BCUT2D eigenvalue weighted by Gasteiger charge is -2.20. The van der Waals surface area contributed by atoms with Crippen LogP contribution in [0.4, 0.5) is 4.79 Å². The van der Waals surface area contributed by atoms with Gasteiger partial charge in [0.15, 0.2) is 6.04 Å². The van der Waals surface area contributed by atoms with E-state index in [2.05, 4.69) is 10.6 Å². The van der Waals surface area contributed by atoms with E-state index in [1.54, 1.807) is 0 Å². The minimum Gasteiger partial charge on any atom is -0.480 e. The Balaban J connectivity index is 1.80. The Bertz CT molecular complexity index is 314. The van der Waals surface area contributed by atoms with Gasteiger partial charge in [0, 0.05) is 13.2 Å². The lowest BCUT2D eigenvalue weighted by molar-refractivity contribution is -0.140. The van der Waals surface area contributed by atoms with Gasteiger partial charge in [-0.1, -0.05) is 0 Å². The average Bonchev–Trinajstić information content (AvgIpc) is 3.16. The summed E-state index contributed by atoms with van der Waals surface area (Å²) in [5.74, 6) is 0.101. The van der Waals surface area contributed by atoms with Gasteiger partial charge >= 0.3 is 12.0 Å². The van der Waals surface area contributed by atoms with Crippen LogP contribution in [0.15, 0.2) is 0 Å². The van der Waals surface area contributed by atoms with Gasteiger partial charge in [0.2, 0.25) is 0 Å². The van der Waals surface area contributed by atoms with E-state index in [9.17, 15) is 9.59 Å². The van der Waals surface area contributed by atoms with Crippen LogP contribution in [0.3, 0.4) is 0 Å². The topological polar surface area (TPSA) is 87.7 Å². The molecule has 3 N–H and O–H groups in total. The SMILES string of the molecule is COCC(NC(=O)NC(C1CC1)C1CC1)C(=O)O. The monoisotopic (exact) mass is 256 g/mol. The molecule has 0 radical (unpaired) electrons. The minimum atomic E-state index is -1.08. The second kappa shape index (κ2) is 5.56. The highest BCUT2D eigenvalue weighted by atomic mass is 16.5. The maximum Gasteiger partial charge on any atom is 0.328 e. The zero-order valence-electron chi connectivity index (χ0n) is 10.5. The van der Waals surface area contributed by atoms with Crippen LogP contribution in [0.5, 0.6) is 0 Å². The molecule has 6 nitrogen and oxygen atoms in total. The van der Waals surface area contributed by atoms with Gasteiger partial charge in [-0.2, -0.15) is 0 Å². The van der Waals surface area contributed by atoms with E-state index in [0.717, 1.165) is 0 Å². The molecule has 0 aliphatic heterocycles. The molecular weight excluding hydrogens is 236 g/mol. The number of rotatable bonds is 7. The molecule has 0 saturated heterocycles. The number of carbonyl (C=O) groups is 2. The first kappa shape index (κ1) is 13.1. The first-order valence-corrected chi connectivity index (χ1v) is 6.40. The lowest BCUT2D eigenvalue weighted by atomic mass is 10.1. The van der Waals surface area contributed by atoms with Crippen molar-refractivity contribution in [2.75, 3.05) is 13.7 Å². The van der Waals surface area contributed by atoms with Crippen LogP contribution < -0.4 is 10.6 Å². The Hall–Kier alpha value is -1.30. The number of carboxylic acids is 1. The summed E-state index contributed by atoms with van der Waals surface area (Å²) in [5, 5.41) is 14.3. The molecule has 0 bridgehead atoms. The largest absolute Gasteiger partial charge is 0.480 e. The third kappa shape index (κ3) is 3.60. The molecule has 2 rings (SSSR count). The molecule has 0 spiro atoms. The molecule has 102 valence electrons. The number of hydrogen-bond acceptors (Lipinski definition) is 3. The molecule has 2 fully saturated rings. The van der Waals surface area contributed by atoms with Gasteiger partial charge in [0.25, 0.3) is 0 Å². The molecular formula is C12H20N2O4. The smallest absolute Gasteiger partial charge is 0.328 e. The molecule has 2 aliphatic carbocycles. The second-order valence-electron chi connectivity index (χ2n) is 5.16. The maximum absolute atomic E-state index is 11.8. The van der Waals surface area contributed by atoms with Crippen LogP contribution in [0.25, 0.3) is 0 Å². The van der Waals surface area contributed by atoms with Crippen molar-refractivity contribution in [2.45, 2.75) is 37.8 Å². The van der Waals surface area contributed by atoms with Crippen molar-refractivity contribution in [3.8, 4) is 0 Å². The first-order valence-electron chi connectivity index (χ1n) is 6.40. The van der Waals surface area contributed by atoms with Crippen molar-refractivity contribution in [1.82, 2.24) is 10.6 Å². The van der Waals surface area contributed by atoms with E-state index >= 15 is 0 Å². The molecule has 2 saturated carbocycles. The Morgan fingerprint density at radius 2 is 1.78 bits per heavy atom. The van der Waals surface area contributed by atoms with Crippen molar-refractivity contribution >= 4 is 12.0 Å². The van der Waals surface area contributed by atoms with Crippen molar-refractivity contribution < 1.29 is 19.4 Å². The number of hydrogen-bond donors (Lipinski definition) is 3. The average molecular weight is 256 g/mol. The summed E-state index contributed by atoms with van der Waals surface area (Å²) in [6, 6.07) is -1.17. The normalized spacial score (nSPS) is 20.6. The Morgan fingerprint density at radius 3 is 2.17 bits per heavy atom. The number of ether oxygens (including phenoxy) is 1. The van der Waals surface area contributed by atoms with E-state index in [-0.39, 0.29) is 12.6 Å². The molecule has 0 aromatic carbocycles. The molecule has 1 unspecified atom stereocenters. The number of methoxy groups -OCH3 is 1. The van der Waals surface area contributed by atoms with Crippen molar-refractivity contribution in [3.63, 3.8) is 0 Å². The van der Waals surface area contributed by atoms with Gasteiger partial charge in [-0.05, 0) is 37.5 Å². The number of aliphatic carboxylic acids is 1. The summed E-state index contributed by atoms with van der Waals surface area (Å²) in [4.78, 5) is 22.6. The summed E-state index contributed by atoms with van der Waals surface area (Å²) >= 11 is 0. The Kier molecular flexibility index (Phi) is 4.06. The summed E-state index contributed by atoms with van der Waals surface area (Å²) in [6.45, 7) is -0.0275. The van der Waals surface area contributed by atoms with E-state index in [1.165, 1.54) is 32.8 Å². The van der Waals surface area contributed by atoms with Crippen molar-refractivity contribution in [1.29, 1.82) is 0 Å². The van der Waals surface area contributed by atoms with E-state index in [4.69, 9.17) is 9.84 Å². The number of amides is 2. The van der Waals surface area contributed by atoms with Gasteiger partial charge in [0.05, 0.1) is 6.61 Å². The van der Waals surface area contributed by atoms with Crippen LogP contribution in [0.2, 0.25) is 0 Å². The number of carbonyl (C=O) groups excluding carboxylic acids is 1. The Labute approximate surface area is 106 Å². The quantitative estimate of drug-likeness (QED) is 0.621. The van der Waals surface area contributed by atoms with Gasteiger partial charge in [-0.25, -0.2) is 9.59 Å². The predicted molar refractivity (Wildman–Crippen MR) is 64.2 cm³/mol. The van der Waals surface area contributed by atoms with E-state index < -0.39 is 18.0 Å². The molecule has 0 heterocycles. The van der Waals surface area contributed by atoms with Crippen LogP contribution in [0.1, 0.15) is 25.7 Å². The highest BCUT2D eigenvalue weighted by Crippen LogP contribution is 2.44. The summed E-state index contributed by atoms with van der Waals surface area (Å²) in [7, 11) is 1.41. The molecule has 0 aromatic rings. The predicted octanol–water partition coefficient (Wildman–Crippen LogP) is 0.574. The van der Waals surface area contributed by atoms with Gasteiger partial charge in [-0.3, -0.25) is 0 Å². The fourth-order valence-electron chi connectivity index (χ4n) is 2.22. The van der Waals surface area contributed by atoms with Crippen molar-refractivity contribution in [2.24, 2.45) is 11.8 Å². The minimum absolute atomic E-state index is 0.0275. The van der Waals surface area contributed by atoms with E-state index in [0.29, 0.717) is 11.8 Å². The fourth-order valence-corrected chi connectivity index (χ4v) is 2.22. The summed E-state index contributed by atoms with van der Waals surface area (Å²) in [5.41, 5.74) is 0. The third-order valence-corrected chi connectivity index (χ3v) is 3.49. The van der Waals surface area contributed by atoms with E-state index in [1.807, 2.05) is 0 Å². The van der Waals surface area contributed by atoms with Gasteiger partial charge in [-0.15, -0.1) is 0 Å². The van der Waals surface area contributed by atoms with Crippen LogP contribution in [-0.2, 0) is 9.53 Å². The number of urea groups is 1. The fraction of sp³-hybridized carbons (Fsp3) is 0.833. The Morgan fingerprint density at radius 1 is 1.22 bits per heavy atom. The molecule has 2 amide bonds. The molecule has 1 atom stereocenters. The highest BCUT2D eigenvalue weighted by molar-refractivity contribution is 5.82. The zero-order valence-corrected chi connectivity index (χ0v) is 10.5. The zero-order chi connectivity index (χ0) is 13.1. The van der Waals surface area contributed by atoms with Crippen molar-refractivity contribution in [3.05, 3.63) is 0 Å². The highest BCUT2D eigenvalue weighted by Gasteiger charge is 2.42. The number of nitrogens with one attached hydrogen (secondary N) is 2. The number of carboxylic acid groups (broad SMARTS) is 1. The second-order valence-corrected chi connectivity index (χ2v) is 5.16. The maximum atomic E-state index is 11.8. The molecule has 6 heteroatoms. The van der Waals surface area contributed by atoms with Gasteiger partial charge in [0.1, 0.15) is 0 Å². The van der Waals surface area contributed by atoms with Crippen LogP contribution in [-0.4, -0.2) is 42.9 Å².